The van der Waals surface area contributed by atoms with Crippen LogP contribution < -0.4 is 14.3 Å². The van der Waals surface area contributed by atoms with Crippen LogP contribution in [-0.2, 0) is 20.9 Å². The SMILES string of the molecule is CCOC(=O)Cn1c(=NC(=O)/C=C\c2ccc(OC)c(OC)c2)sc2ccccc21. The third kappa shape index (κ3) is 4.96. The first-order chi connectivity index (χ1) is 14.5. The molecule has 0 saturated heterocycles. The number of benzene rings is 2. The number of nitrogens with zero attached hydrogens (tertiary/aromatic N) is 2. The molecule has 0 aliphatic heterocycles. The summed E-state index contributed by atoms with van der Waals surface area (Å²) in [6.07, 6.45) is 3.02. The van der Waals surface area contributed by atoms with E-state index in [0.29, 0.717) is 22.9 Å². The minimum Gasteiger partial charge on any atom is -0.493 e. The first-order valence-electron chi connectivity index (χ1n) is 9.28. The number of hydrogen-bond acceptors (Lipinski definition) is 6. The van der Waals surface area contributed by atoms with E-state index in [0.717, 1.165) is 15.8 Å². The van der Waals surface area contributed by atoms with Crippen molar-refractivity contribution in [2.24, 2.45) is 4.99 Å². The number of carbonyl (C=O) groups is 2. The van der Waals surface area contributed by atoms with E-state index >= 15 is 0 Å². The summed E-state index contributed by atoms with van der Waals surface area (Å²) in [6.45, 7) is 2.03. The standard InChI is InChI=1S/C22H22N2O5S/c1-4-29-21(26)14-24-16-7-5-6-8-19(16)30-22(24)23-20(25)12-10-15-9-11-17(27-2)18(13-15)28-3/h5-13H,4,14H2,1-3H3/b12-10-,23-22?. The van der Waals surface area contributed by atoms with Crippen molar-refractivity contribution in [3.63, 3.8) is 0 Å². The lowest BCUT2D eigenvalue weighted by Gasteiger charge is -2.07. The fraction of sp³-hybridized carbons (Fsp3) is 0.227. The molecule has 0 fully saturated rings. The van der Waals surface area contributed by atoms with Crippen molar-refractivity contribution in [2.45, 2.75) is 13.5 Å². The van der Waals surface area contributed by atoms with Gasteiger partial charge in [0.2, 0.25) is 0 Å². The molecule has 3 aromatic rings. The summed E-state index contributed by atoms with van der Waals surface area (Å²) in [5.74, 6) is 0.363. The molecular formula is C22H22N2O5S. The summed E-state index contributed by atoms with van der Waals surface area (Å²) in [4.78, 5) is 29.1. The zero-order valence-electron chi connectivity index (χ0n) is 17.0. The second-order valence-electron chi connectivity index (χ2n) is 6.14. The van der Waals surface area contributed by atoms with Gasteiger partial charge in [-0.15, -0.1) is 0 Å². The van der Waals surface area contributed by atoms with Gasteiger partial charge in [-0.1, -0.05) is 29.5 Å². The molecular weight excluding hydrogens is 404 g/mol. The third-order valence-electron chi connectivity index (χ3n) is 4.21. The maximum Gasteiger partial charge on any atom is 0.326 e. The predicted molar refractivity (Wildman–Crippen MR) is 116 cm³/mol. The number of fused-ring (bicyclic) bond motifs is 1. The molecule has 0 atom stereocenters. The van der Waals surface area contributed by atoms with Crippen molar-refractivity contribution in [1.29, 1.82) is 0 Å². The lowest BCUT2D eigenvalue weighted by atomic mass is 10.2. The Morgan fingerprint density at radius 2 is 1.87 bits per heavy atom. The van der Waals surface area contributed by atoms with Crippen molar-refractivity contribution < 1.29 is 23.8 Å². The Labute approximate surface area is 177 Å². The molecule has 0 N–H and O–H groups in total. The second-order valence-corrected chi connectivity index (χ2v) is 7.15. The zero-order chi connectivity index (χ0) is 21.5. The van der Waals surface area contributed by atoms with Gasteiger partial charge in [-0.2, -0.15) is 4.99 Å². The minimum absolute atomic E-state index is 0.0106. The molecule has 0 saturated carbocycles. The van der Waals surface area contributed by atoms with Gasteiger partial charge in [0.1, 0.15) is 6.54 Å². The fourth-order valence-corrected chi connectivity index (χ4v) is 3.89. The van der Waals surface area contributed by atoms with Crippen molar-refractivity contribution in [3.8, 4) is 11.5 Å². The number of carbonyl (C=O) groups excluding carboxylic acids is 2. The van der Waals surface area contributed by atoms with E-state index in [1.165, 1.54) is 17.4 Å². The van der Waals surface area contributed by atoms with Gasteiger partial charge in [0.05, 0.1) is 31.0 Å². The number of hydrogen-bond donors (Lipinski definition) is 0. The molecule has 2 aromatic carbocycles. The van der Waals surface area contributed by atoms with E-state index in [2.05, 4.69) is 4.99 Å². The van der Waals surface area contributed by atoms with Crippen LogP contribution in [-0.4, -0.2) is 37.3 Å². The van der Waals surface area contributed by atoms with Crippen LogP contribution >= 0.6 is 11.3 Å². The number of rotatable bonds is 7. The molecule has 156 valence electrons. The van der Waals surface area contributed by atoms with Crippen LogP contribution in [0.1, 0.15) is 12.5 Å². The Bertz CT molecular complexity index is 1160. The fourth-order valence-electron chi connectivity index (χ4n) is 2.85. The highest BCUT2D eigenvalue weighted by Crippen LogP contribution is 2.28. The number of ether oxygens (including phenoxy) is 3. The first-order valence-corrected chi connectivity index (χ1v) is 10.1. The van der Waals surface area contributed by atoms with E-state index in [1.54, 1.807) is 43.9 Å². The van der Waals surface area contributed by atoms with Gasteiger partial charge in [0.15, 0.2) is 16.3 Å². The summed E-state index contributed by atoms with van der Waals surface area (Å²) < 4.78 is 18.2. The molecule has 1 heterocycles. The molecule has 0 unspecified atom stereocenters. The van der Waals surface area contributed by atoms with Crippen LogP contribution in [0.5, 0.6) is 11.5 Å². The van der Waals surface area contributed by atoms with Crippen molar-refractivity contribution >= 4 is 39.5 Å². The number of amides is 1. The summed E-state index contributed by atoms with van der Waals surface area (Å²) >= 11 is 1.34. The molecule has 0 radical (unpaired) electrons. The van der Waals surface area contributed by atoms with Gasteiger partial charge in [-0.3, -0.25) is 9.59 Å². The number of thiazole rings is 1. The molecule has 1 amide bonds. The predicted octanol–water partition coefficient (Wildman–Crippen LogP) is 3.42. The average molecular weight is 426 g/mol. The van der Waals surface area contributed by atoms with E-state index in [-0.39, 0.29) is 12.5 Å². The molecule has 0 aliphatic carbocycles. The first kappa shape index (κ1) is 21.3. The van der Waals surface area contributed by atoms with Gasteiger partial charge in [-0.25, -0.2) is 0 Å². The number of methoxy groups -OCH3 is 2. The Morgan fingerprint density at radius 1 is 1.10 bits per heavy atom. The van der Waals surface area contributed by atoms with Gasteiger partial charge in [-0.05, 0) is 42.8 Å². The van der Waals surface area contributed by atoms with Gasteiger partial charge in [0.25, 0.3) is 5.91 Å². The van der Waals surface area contributed by atoms with Crippen LogP contribution in [0.25, 0.3) is 16.3 Å². The lowest BCUT2D eigenvalue weighted by Crippen LogP contribution is -2.22. The molecule has 0 bridgehead atoms. The highest BCUT2D eigenvalue weighted by atomic mass is 32.1. The summed E-state index contributed by atoms with van der Waals surface area (Å²) in [5, 5.41) is 0. The largest absolute Gasteiger partial charge is 0.493 e. The minimum atomic E-state index is -0.436. The van der Waals surface area contributed by atoms with E-state index < -0.39 is 5.91 Å². The van der Waals surface area contributed by atoms with E-state index in [9.17, 15) is 9.59 Å². The summed E-state index contributed by atoms with van der Waals surface area (Å²) in [6, 6.07) is 12.9. The molecule has 30 heavy (non-hydrogen) atoms. The van der Waals surface area contributed by atoms with E-state index in [4.69, 9.17) is 14.2 Å². The summed E-state index contributed by atoms with van der Waals surface area (Å²) in [7, 11) is 3.11. The third-order valence-corrected chi connectivity index (χ3v) is 5.27. The molecule has 1 aromatic heterocycles. The summed E-state index contributed by atoms with van der Waals surface area (Å²) in [5.41, 5.74) is 1.60. The molecule has 0 aliphatic rings. The molecule has 3 rings (SSSR count). The van der Waals surface area contributed by atoms with Crippen molar-refractivity contribution in [1.82, 2.24) is 4.57 Å². The van der Waals surface area contributed by atoms with Gasteiger partial charge in [0, 0.05) is 6.08 Å². The van der Waals surface area contributed by atoms with Crippen molar-refractivity contribution in [2.75, 3.05) is 20.8 Å². The van der Waals surface area contributed by atoms with Crippen LogP contribution in [0.2, 0.25) is 0 Å². The Morgan fingerprint density at radius 3 is 2.60 bits per heavy atom. The van der Waals surface area contributed by atoms with Crippen LogP contribution in [0.3, 0.4) is 0 Å². The van der Waals surface area contributed by atoms with Gasteiger partial charge < -0.3 is 18.8 Å². The molecule has 8 heteroatoms. The molecule has 7 nitrogen and oxygen atoms in total. The quantitative estimate of drug-likeness (QED) is 0.427. The Kier molecular flexibility index (Phi) is 7.03. The van der Waals surface area contributed by atoms with Crippen LogP contribution in [0, 0.1) is 0 Å². The van der Waals surface area contributed by atoms with Crippen molar-refractivity contribution in [3.05, 3.63) is 58.9 Å². The number of aromatic nitrogens is 1. The monoisotopic (exact) mass is 426 g/mol. The Hall–Kier alpha value is -3.39. The second kappa shape index (κ2) is 9.89. The average Bonchev–Trinajstić information content (AvgIpc) is 3.09. The maximum absolute atomic E-state index is 12.5. The lowest BCUT2D eigenvalue weighted by molar-refractivity contribution is -0.143. The smallest absolute Gasteiger partial charge is 0.326 e. The van der Waals surface area contributed by atoms with Crippen LogP contribution in [0.15, 0.2) is 53.5 Å². The number of esters is 1. The van der Waals surface area contributed by atoms with Crippen LogP contribution in [0.4, 0.5) is 0 Å². The van der Waals surface area contributed by atoms with Gasteiger partial charge >= 0.3 is 5.97 Å². The number of para-hydroxylation sites is 1. The highest BCUT2D eigenvalue weighted by Gasteiger charge is 2.11. The zero-order valence-corrected chi connectivity index (χ0v) is 17.8. The normalized spacial score (nSPS) is 11.8. The highest BCUT2D eigenvalue weighted by molar-refractivity contribution is 7.16. The van der Waals surface area contributed by atoms with E-state index in [1.807, 2.05) is 30.3 Å². The molecule has 0 spiro atoms. The maximum atomic E-state index is 12.5. The Balaban J connectivity index is 1.91. The topological polar surface area (TPSA) is 79.1 Å².